The van der Waals surface area contributed by atoms with E-state index in [9.17, 15) is 0 Å². The number of aromatic nitrogens is 4. The number of rotatable bonds is 4. The van der Waals surface area contributed by atoms with Crippen LogP contribution >= 0.6 is 0 Å². The van der Waals surface area contributed by atoms with Crippen molar-refractivity contribution < 1.29 is 9.26 Å². The van der Waals surface area contributed by atoms with E-state index in [1.165, 1.54) is 13.4 Å². The lowest BCUT2D eigenvalue weighted by atomic mass is 10.4. The third-order valence-electron chi connectivity index (χ3n) is 1.91. The Bertz CT molecular complexity index is 470. The van der Waals surface area contributed by atoms with E-state index in [0.29, 0.717) is 36.3 Å². The van der Waals surface area contributed by atoms with Crippen molar-refractivity contribution in [1.82, 2.24) is 20.1 Å². The summed E-state index contributed by atoms with van der Waals surface area (Å²) in [5.41, 5.74) is 5.94. The van der Waals surface area contributed by atoms with Crippen LogP contribution in [0.2, 0.25) is 0 Å². The number of hydrogen-bond acceptors (Lipinski definition) is 7. The summed E-state index contributed by atoms with van der Waals surface area (Å²) in [6.45, 7) is 0.467. The van der Waals surface area contributed by atoms with Crippen molar-refractivity contribution in [2.45, 2.75) is 6.42 Å². The minimum absolute atomic E-state index is 0.407. The predicted octanol–water partition coefficient (Wildman–Crippen LogP) is 0.0364. The molecule has 2 heterocycles. The molecule has 0 aliphatic heterocycles. The predicted molar refractivity (Wildman–Crippen MR) is 54.6 cm³/mol. The Morgan fingerprint density at radius 1 is 1.44 bits per heavy atom. The highest BCUT2D eigenvalue weighted by Crippen LogP contribution is 2.16. The molecule has 0 aromatic carbocycles. The van der Waals surface area contributed by atoms with Gasteiger partial charge >= 0.3 is 0 Å². The molecule has 2 rings (SSSR count). The fourth-order valence-electron chi connectivity index (χ4n) is 1.16. The average Bonchev–Trinajstić information content (AvgIpc) is 2.78. The first-order valence-electron chi connectivity index (χ1n) is 4.72. The number of ether oxygens (including phenoxy) is 1. The highest BCUT2D eigenvalue weighted by Gasteiger charge is 2.10. The van der Waals surface area contributed by atoms with E-state index in [-0.39, 0.29) is 0 Å². The molecule has 0 fully saturated rings. The summed E-state index contributed by atoms with van der Waals surface area (Å²) in [6.07, 6.45) is 1.93. The van der Waals surface area contributed by atoms with Crippen LogP contribution in [0, 0.1) is 0 Å². The summed E-state index contributed by atoms with van der Waals surface area (Å²) in [5.74, 6) is 1.36. The summed E-state index contributed by atoms with van der Waals surface area (Å²) in [4.78, 5) is 12.1. The molecule has 0 bridgehead atoms. The lowest BCUT2D eigenvalue weighted by Crippen LogP contribution is -2.02. The normalized spacial score (nSPS) is 10.4. The summed E-state index contributed by atoms with van der Waals surface area (Å²) in [5, 5.41) is 3.79. The molecular weight excluding hydrogens is 210 g/mol. The van der Waals surface area contributed by atoms with Crippen LogP contribution in [-0.4, -0.2) is 33.8 Å². The Kier molecular flexibility index (Phi) is 3.06. The van der Waals surface area contributed by atoms with Gasteiger partial charge in [0.15, 0.2) is 0 Å². The van der Waals surface area contributed by atoms with Crippen molar-refractivity contribution in [3.63, 3.8) is 0 Å². The van der Waals surface area contributed by atoms with Crippen LogP contribution in [0.15, 0.2) is 16.9 Å². The molecule has 0 aliphatic carbocycles. The van der Waals surface area contributed by atoms with Gasteiger partial charge in [-0.15, -0.1) is 0 Å². The van der Waals surface area contributed by atoms with Gasteiger partial charge in [-0.2, -0.15) is 4.98 Å². The molecule has 7 nitrogen and oxygen atoms in total. The molecule has 84 valence electrons. The molecule has 16 heavy (non-hydrogen) atoms. The highest BCUT2D eigenvalue weighted by atomic mass is 16.5. The van der Waals surface area contributed by atoms with E-state index in [2.05, 4.69) is 20.1 Å². The summed E-state index contributed by atoms with van der Waals surface area (Å²) >= 11 is 0. The van der Waals surface area contributed by atoms with Crippen LogP contribution in [-0.2, 0) is 6.42 Å². The van der Waals surface area contributed by atoms with Gasteiger partial charge in [0.25, 0.3) is 0 Å². The van der Waals surface area contributed by atoms with Crippen LogP contribution in [0.3, 0.4) is 0 Å². The zero-order chi connectivity index (χ0) is 11.4. The van der Waals surface area contributed by atoms with Gasteiger partial charge in [-0.1, -0.05) is 5.16 Å². The zero-order valence-electron chi connectivity index (χ0n) is 8.75. The Balaban J connectivity index is 2.27. The number of hydrogen-bond donors (Lipinski definition) is 1. The number of methoxy groups -OCH3 is 1. The van der Waals surface area contributed by atoms with Gasteiger partial charge in [0, 0.05) is 19.0 Å². The van der Waals surface area contributed by atoms with E-state index in [4.69, 9.17) is 15.0 Å². The minimum atomic E-state index is 0.407. The van der Waals surface area contributed by atoms with Gasteiger partial charge in [-0.3, -0.25) is 0 Å². The van der Waals surface area contributed by atoms with Gasteiger partial charge in [0.2, 0.25) is 17.6 Å². The molecule has 0 spiro atoms. The molecule has 0 amide bonds. The van der Waals surface area contributed by atoms with Crippen molar-refractivity contribution in [2.75, 3.05) is 13.7 Å². The molecule has 0 atom stereocenters. The second-order valence-electron chi connectivity index (χ2n) is 3.00. The quantitative estimate of drug-likeness (QED) is 0.777. The Morgan fingerprint density at radius 2 is 2.31 bits per heavy atom. The fraction of sp³-hybridized carbons (Fsp3) is 0.333. The molecule has 2 aromatic rings. The van der Waals surface area contributed by atoms with Crippen LogP contribution in [0.1, 0.15) is 5.89 Å². The van der Waals surface area contributed by atoms with Gasteiger partial charge in [-0.25, -0.2) is 9.97 Å². The van der Waals surface area contributed by atoms with Crippen LogP contribution < -0.4 is 10.5 Å². The van der Waals surface area contributed by atoms with Gasteiger partial charge < -0.3 is 15.0 Å². The molecular formula is C9H11N5O2. The molecule has 0 saturated carbocycles. The number of nitrogens with two attached hydrogens (primary N) is 1. The highest BCUT2D eigenvalue weighted by molar-refractivity contribution is 5.49. The molecule has 0 saturated heterocycles. The maximum atomic E-state index is 5.38. The lowest BCUT2D eigenvalue weighted by molar-refractivity contribution is 0.380. The molecule has 0 radical (unpaired) electrons. The zero-order valence-corrected chi connectivity index (χ0v) is 8.75. The van der Waals surface area contributed by atoms with Crippen LogP contribution in [0.5, 0.6) is 5.88 Å². The molecule has 0 unspecified atom stereocenters. The Labute approximate surface area is 91.7 Å². The largest absolute Gasteiger partial charge is 0.481 e. The first-order chi connectivity index (χ1) is 7.83. The smallest absolute Gasteiger partial charge is 0.228 e. The second-order valence-corrected chi connectivity index (χ2v) is 3.00. The first-order valence-corrected chi connectivity index (χ1v) is 4.72. The van der Waals surface area contributed by atoms with Crippen molar-refractivity contribution in [3.8, 4) is 17.4 Å². The topological polar surface area (TPSA) is 100.0 Å². The second kappa shape index (κ2) is 4.67. The van der Waals surface area contributed by atoms with E-state index in [1.807, 2.05) is 0 Å². The van der Waals surface area contributed by atoms with E-state index >= 15 is 0 Å². The summed E-state index contributed by atoms with van der Waals surface area (Å²) < 4.78 is 9.96. The van der Waals surface area contributed by atoms with Gasteiger partial charge in [0.05, 0.1) is 7.11 Å². The monoisotopic (exact) mass is 221 g/mol. The maximum Gasteiger partial charge on any atom is 0.228 e. The van der Waals surface area contributed by atoms with Crippen molar-refractivity contribution in [1.29, 1.82) is 0 Å². The molecule has 2 aromatic heterocycles. The average molecular weight is 221 g/mol. The van der Waals surface area contributed by atoms with Crippen LogP contribution in [0.4, 0.5) is 0 Å². The van der Waals surface area contributed by atoms with Crippen molar-refractivity contribution >= 4 is 0 Å². The molecule has 7 heteroatoms. The van der Waals surface area contributed by atoms with Crippen molar-refractivity contribution in [3.05, 3.63) is 18.3 Å². The van der Waals surface area contributed by atoms with Crippen molar-refractivity contribution in [2.24, 2.45) is 5.73 Å². The SMILES string of the molecule is COc1cc(-c2noc(CCN)n2)ncn1. The van der Waals surface area contributed by atoms with Crippen LogP contribution in [0.25, 0.3) is 11.5 Å². The van der Waals surface area contributed by atoms with E-state index < -0.39 is 0 Å². The van der Waals surface area contributed by atoms with E-state index in [0.717, 1.165) is 0 Å². The fourth-order valence-corrected chi connectivity index (χ4v) is 1.16. The maximum absolute atomic E-state index is 5.38. The molecule has 0 aliphatic rings. The molecule has 2 N–H and O–H groups in total. The Morgan fingerprint density at radius 3 is 3.06 bits per heavy atom. The standard InChI is InChI=1S/C9H11N5O2/c1-15-8-4-6(11-5-12-8)9-13-7(2-3-10)16-14-9/h4-5H,2-3,10H2,1H3. The van der Waals surface area contributed by atoms with Gasteiger partial charge in [0.1, 0.15) is 12.0 Å². The summed E-state index contributed by atoms with van der Waals surface area (Å²) in [7, 11) is 1.53. The van der Waals surface area contributed by atoms with Gasteiger partial charge in [-0.05, 0) is 0 Å². The Hall–Kier alpha value is -2.02. The third-order valence-corrected chi connectivity index (χ3v) is 1.91. The third kappa shape index (κ3) is 2.14. The number of nitrogens with zero attached hydrogens (tertiary/aromatic N) is 4. The first kappa shape index (κ1) is 10.5. The lowest BCUT2D eigenvalue weighted by Gasteiger charge is -1.97. The summed E-state index contributed by atoms with van der Waals surface area (Å²) in [6, 6.07) is 1.64. The van der Waals surface area contributed by atoms with E-state index in [1.54, 1.807) is 6.07 Å². The minimum Gasteiger partial charge on any atom is -0.481 e.